The summed E-state index contributed by atoms with van der Waals surface area (Å²) in [6.45, 7) is 0. The molecule has 3 rings (SSSR count). The lowest BCUT2D eigenvalue weighted by atomic mass is 9.95. The van der Waals surface area contributed by atoms with Crippen LogP contribution < -0.4 is 0 Å². The van der Waals surface area contributed by atoms with Gasteiger partial charge in [-0.1, -0.05) is 36.4 Å². The van der Waals surface area contributed by atoms with E-state index < -0.39 is 5.92 Å². The molecule has 0 saturated carbocycles. The van der Waals surface area contributed by atoms with Crippen molar-refractivity contribution in [3.63, 3.8) is 0 Å². The van der Waals surface area contributed by atoms with Crippen LogP contribution in [0.4, 0.5) is 4.39 Å². The molecular formula is C17H10FNOS. The van der Waals surface area contributed by atoms with Crippen molar-refractivity contribution in [1.82, 2.24) is 0 Å². The lowest BCUT2D eigenvalue weighted by Gasteiger charge is -2.06. The molecule has 4 heteroatoms. The van der Waals surface area contributed by atoms with Gasteiger partial charge in [0.2, 0.25) is 0 Å². The summed E-state index contributed by atoms with van der Waals surface area (Å²) in [5.41, 5.74) is 0.675. The third-order valence-electron chi connectivity index (χ3n) is 3.25. The Morgan fingerprint density at radius 2 is 1.90 bits per heavy atom. The first-order valence-electron chi connectivity index (χ1n) is 6.37. The summed E-state index contributed by atoms with van der Waals surface area (Å²) in [5.74, 6) is -1.40. The molecule has 21 heavy (non-hydrogen) atoms. The van der Waals surface area contributed by atoms with Crippen LogP contribution in [0.2, 0.25) is 0 Å². The van der Waals surface area contributed by atoms with Crippen LogP contribution in [0, 0.1) is 17.1 Å². The quantitative estimate of drug-likeness (QED) is 0.666. The predicted molar refractivity (Wildman–Crippen MR) is 80.9 cm³/mol. The number of Topliss-reactive ketones (excluding diaryl/α,β-unsaturated/α-hetero) is 1. The van der Waals surface area contributed by atoms with Crippen LogP contribution in [0.1, 0.15) is 21.2 Å². The van der Waals surface area contributed by atoms with Gasteiger partial charge in [-0.05, 0) is 29.1 Å². The molecule has 3 aromatic rings. The number of rotatable bonds is 3. The number of hydrogen-bond acceptors (Lipinski definition) is 3. The number of fused-ring (bicyclic) bond motifs is 1. The molecule has 0 spiro atoms. The first kappa shape index (κ1) is 13.5. The molecular weight excluding hydrogens is 285 g/mol. The highest BCUT2D eigenvalue weighted by Gasteiger charge is 2.23. The maximum Gasteiger partial charge on any atom is 0.194 e. The van der Waals surface area contributed by atoms with Gasteiger partial charge < -0.3 is 0 Å². The van der Waals surface area contributed by atoms with Gasteiger partial charge in [0, 0.05) is 4.70 Å². The fourth-order valence-corrected chi connectivity index (χ4v) is 3.26. The number of thiophene rings is 1. The number of nitriles is 1. The summed E-state index contributed by atoms with van der Waals surface area (Å²) < 4.78 is 13.9. The zero-order valence-electron chi connectivity index (χ0n) is 10.9. The summed E-state index contributed by atoms with van der Waals surface area (Å²) in [5, 5.41) is 10.1. The third kappa shape index (κ3) is 2.56. The maximum atomic E-state index is 13.2. The van der Waals surface area contributed by atoms with Gasteiger partial charge in [-0.25, -0.2) is 4.39 Å². The first-order valence-corrected chi connectivity index (χ1v) is 7.18. The average molecular weight is 295 g/mol. The van der Waals surface area contributed by atoms with Crippen LogP contribution >= 0.6 is 11.3 Å². The topological polar surface area (TPSA) is 40.9 Å². The molecule has 0 radical (unpaired) electrons. The van der Waals surface area contributed by atoms with Gasteiger partial charge in [-0.2, -0.15) is 5.26 Å². The van der Waals surface area contributed by atoms with Gasteiger partial charge in [-0.15, -0.1) is 11.3 Å². The Morgan fingerprint density at radius 1 is 1.14 bits per heavy atom. The fourth-order valence-electron chi connectivity index (χ4n) is 2.20. The predicted octanol–water partition coefficient (Wildman–Crippen LogP) is 4.53. The summed E-state index contributed by atoms with van der Waals surface area (Å²) in [6.07, 6.45) is 0. The SMILES string of the molecule is N#CC(C(=O)c1cc2ccc(F)cc2s1)c1ccccc1. The molecule has 0 aliphatic heterocycles. The monoisotopic (exact) mass is 295 g/mol. The van der Waals surface area contributed by atoms with Crippen LogP contribution in [0.15, 0.2) is 54.6 Å². The van der Waals surface area contributed by atoms with Crippen molar-refractivity contribution in [3.05, 3.63) is 70.9 Å². The minimum Gasteiger partial charge on any atom is -0.291 e. The summed E-state index contributed by atoms with van der Waals surface area (Å²) in [7, 11) is 0. The second-order valence-corrected chi connectivity index (χ2v) is 5.71. The van der Waals surface area contributed by atoms with Gasteiger partial charge in [0.05, 0.1) is 10.9 Å². The Bertz CT molecular complexity index is 848. The largest absolute Gasteiger partial charge is 0.291 e. The number of halogens is 1. The average Bonchev–Trinajstić information content (AvgIpc) is 2.92. The van der Waals surface area contributed by atoms with E-state index in [1.807, 2.05) is 6.07 Å². The highest BCUT2D eigenvalue weighted by molar-refractivity contribution is 7.20. The molecule has 0 bridgehead atoms. The van der Waals surface area contributed by atoms with Crippen molar-refractivity contribution in [2.45, 2.75) is 5.92 Å². The Balaban J connectivity index is 2.01. The standard InChI is InChI=1S/C17H10FNOS/c18-13-7-6-12-8-16(21-15(12)9-13)17(20)14(10-19)11-4-2-1-3-5-11/h1-9,14H. The van der Waals surface area contributed by atoms with E-state index in [2.05, 4.69) is 6.07 Å². The van der Waals surface area contributed by atoms with Crippen molar-refractivity contribution < 1.29 is 9.18 Å². The molecule has 0 N–H and O–H groups in total. The molecule has 0 aliphatic rings. The van der Waals surface area contributed by atoms with E-state index in [-0.39, 0.29) is 11.6 Å². The summed E-state index contributed by atoms with van der Waals surface area (Å²) >= 11 is 1.22. The number of benzene rings is 2. The number of carbonyl (C=O) groups excluding carboxylic acids is 1. The van der Waals surface area contributed by atoms with Gasteiger partial charge in [0.1, 0.15) is 11.7 Å². The van der Waals surface area contributed by atoms with Gasteiger partial charge in [0.15, 0.2) is 5.78 Å². The highest BCUT2D eigenvalue weighted by atomic mass is 32.1. The first-order chi connectivity index (χ1) is 10.2. The van der Waals surface area contributed by atoms with Crippen molar-refractivity contribution in [2.75, 3.05) is 0 Å². The fraction of sp³-hybridized carbons (Fsp3) is 0.0588. The molecule has 1 atom stereocenters. The zero-order chi connectivity index (χ0) is 14.8. The molecule has 0 amide bonds. The highest BCUT2D eigenvalue weighted by Crippen LogP contribution is 2.30. The van der Waals surface area contributed by atoms with Crippen molar-refractivity contribution in [1.29, 1.82) is 5.26 Å². The molecule has 1 aromatic heterocycles. The van der Waals surface area contributed by atoms with Crippen LogP contribution in [0.3, 0.4) is 0 Å². The molecule has 102 valence electrons. The number of ketones is 1. The summed E-state index contributed by atoms with van der Waals surface area (Å²) in [4.78, 5) is 13.0. The zero-order valence-corrected chi connectivity index (χ0v) is 11.7. The second-order valence-electron chi connectivity index (χ2n) is 4.63. The van der Waals surface area contributed by atoms with Gasteiger partial charge in [0.25, 0.3) is 0 Å². The minimum absolute atomic E-state index is 0.245. The lowest BCUT2D eigenvalue weighted by molar-refractivity contribution is 0.0983. The second kappa shape index (κ2) is 5.47. The number of nitrogens with zero attached hydrogens (tertiary/aromatic N) is 1. The Kier molecular flexibility index (Phi) is 3.51. The Hall–Kier alpha value is -2.51. The molecule has 2 nitrogen and oxygen atoms in total. The van der Waals surface area contributed by atoms with E-state index in [0.29, 0.717) is 15.1 Å². The van der Waals surface area contributed by atoms with Crippen LogP contribution in [-0.4, -0.2) is 5.78 Å². The van der Waals surface area contributed by atoms with E-state index >= 15 is 0 Å². The van der Waals surface area contributed by atoms with Gasteiger partial charge in [-0.3, -0.25) is 4.79 Å². The molecule has 1 heterocycles. The van der Waals surface area contributed by atoms with E-state index in [1.54, 1.807) is 36.4 Å². The van der Waals surface area contributed by atoms with E-state index in [9.17, 15) is 14.4 Å². The lowest BCUT2D eigenvalue weighted by Crippen LogP contribution is -2.09. The molecule has 1 unspecified atom stereocenters. The number of hydrogen-bond donors (Lipinski definition) is 0. The Morgan fingerprint density at radius 3 is 2.62 bits per heavy atom. The normalized spacial score (nSPS) is 12.0. The van der Waals surface area contributed by atoms with Crippen LogP contribution in [0.5, 0.6) is 0 Å². The van der Waals surface area contributed by atoms with E-state index in [0.717, 1.165) is 5.39 Å². The third-order valence-corrected chi connectivity index (χ3v) is 4.36. The molecule has 0 aliphatic carbocycles. The smallest absolute Gasteiger partial charge is 0.194 e. The van der Waals surface area contributed by atoms with E-state index in [1.165, 1.54) is 23.5 Å². The maximum absolute atomic E-state index is 13.2. The molecule has 0 saturated heterocycles. The number of carbonyl (C=O) groups is 1. The van der Waals surface area contributed by atoms with Gasteiger partial charge >= 0.3 is 0 Å². The van der Waals surface area contributed by atoms with E-state index in [4.69, 9.17) is 0 Å². The van der Waals surface area contributed by atoms with Crippen LogP contribution in [0.25, 0.3) is 10.1 Å². The van der Waals surface area contributed by atoms with Crippen molar-refractivity contribution >= 4 is 27.2 Å². The van der Waals surface area contributed by atoms with Crippen molar-refractivity contribution in [3.8, 4) is 6.07 Å². The van der Waals surface area contributed by atoms with Crippen molar-refractivity contribution in [2.24, 2.45) is 0 Å². The Labute approximate surface area is 125 Å². The van der Waals surface area contributed by atoms with Crippen LogP contribution in [-0.2, 0) is 0 Å². The molecule has 2 aromatic carbocycles. The summed E-state index contributed by atoms with van der Waals surface area (Å²) in [6, 6.07) is 17.1. The molecule has 0 fully saturated rings. The minimum atomic E-state index is -0.830.